The third kappa shape index (κ3) is 3.50. The molecule has 1 aliphatic heterocycles. The van der Waals surface area contributed by atoms with Gasteiger partial charge in [-0.1, -0.05) is 12.1 Å². The molecule has 126 valence electrons. The summed E-state index contributed by atoms with van der Waals surface area (Å²) < 4.78 is 43.8. The van der Waals surface area contributed by atoms with E-state index in [9.17, 15) is 18.0 Å². The summed E-state index contributed by atoms with van der Waals surface area (Å²) in [5.41, 5.74) is 0.0197. The molecule has 1 aromatic carbocycles. The Bertz CT molecular complexity index is 755. The maximum absolute atomic E-state index is 12.7. The first-order chi connectivity index (χ1) is 11.3. The lowest BCUT2D eigenvalue weighted by molar-refractivity contribution is -0.137. The number of aromatic nitrogens is 1. The maximum atomic E-state index is 12.7. The molecular weight excluding hydrogens is 321 g/mol. The molecule has 0 spiro atoms. The minimum absolute atomic E-state index is 0.0250. The van der Waals surface area contributed by atoms with Gasteiger partial charge in [-0.05, 0) is 31.2 Å². The Morgan fingerprint density at radius 3 is 2.58 bits per heavy atom. The number of alkyl halides is 3. The quantitative estimate of drug-likeness (QED) is 0.864. The van der Waals surface area contributed by atoms with Crippen LogP contribution in [0.25, 0.3) is 0 Å². The largest absolute Gasteiger partial charge is 0.471 e. The Labute approximate surface area is 136 Å². The highest BCUT2D eigenvalue weighted by molar-refractivity contribution is 5.95. The van der Waals surface area contributed by atoms with Crippen molar-refractivity contribution in [3.05, 3.63) is 59.3 Å². The van der Waals surface area contributed by atoms with Crippen LogP contribution in [-0.2, 0) is 6.18 Å². The third-order valence-corrected chi connectivity index (χ3v) is 3.72. The summed E-state index contributed by atoms with van der Waals surface area (Å²) in [6, 6.07) is 9.83. The number of aryl methyl sites for hydroxylation is 1. The van der Waals surface area contributed by atoms with Gasteiger partial charge in [0.15, 0.2) is 0 Å². The summed E-state index contributed by atoms with van der Waals surface area (Å²) in [4.78, 5) is 17.9. The minimum Gasteiger partial charge on any atom is -0.471 e. The molecule has 0 unspecified atom stereocenters. The second-order valence-corrected chi connectivity index (χ2v) is 5.65. The van der Waals surface area contributed by atoms with Gasteiger partial charge in [0.25, 0.3) is 5.91 Å². The van der Waals surface area contributed by atoms with Crippen molar-refractivity contribution in [2.45, 2.75) is 19.2 Å². The van der Waals surface area contributed by atoms with E-state index in [0.29, 0.717) is 19.0 Å². The zero-order valence-electron chi connectivity index (χ0n) is 12.9. The topological polar surface area (TPSA) is 42.4 Å². The molecule has 2 aromatic rings. The molecule has 4 nitrogen and oxygen atoms in total. The van der Waals surface area contributed by atoms with Crippen molar-refractivity contribution in [1.29, 1.82) is 0 Å². The molecule has 0 aliphatic carbocycles. The van der Waals surface area contributed by atoms with Crippen LogP contribution in [0.1, 0.15) is 21.6 Å². The van der Waals surface area contributed by atoms with E-state index < -0.39 is 17.6 Å². The number of carbonyl (C=O) groups is 1. The second kappa shape index (κ2) is 6.14. The van der Waals surface area contributed by atoms with Crippen molar-refractivity contribution in [2.75, 3.05) is 13.1 Å². The molecular formula is C17H15F3N2O2. The van der Waals surface area contributed by atoms with Crippen molar-refractivity contribution in [3.63, 3.8) is 0 Å². The van der Waals surface area contributed by atoms with Crippen molar-refractivity contribution >= 4 is 5.91 Å². The highest BCUT2D eigenvalue weighted by Gasteiger charge is 2.35. The van der Waals surface area contributed by atoms with E-state index in [0.717, 1.165) is 17.8 Å². The first-order valence-corrected chi connectivity index (χ1v) is 7.40. The average molecular weight is 336 g/mol. The number of rotatable bonds is 3. The van der Waals surface area contributed by atoms with Gasteiger partial charge < -0.3 is 9.64 Å². The molecule has 1 fully saturated rings. The number of likely N-dealkylation sites (tertiary alicyclic amines) is 1. The lowest BCUT2D eigenvalue weighted by atomic mass is 10.1. The molecule has 0 bridgehead atoms. The van der Waals surface area contributed by atoms with Crippen molar-refractivity contribution in [3.8, 4) is 5.88 Å². The predicted octanol–water partition coefficient (Wildman–Crippen LogP) is 3.31. The fourth-order valence-corrected chi connectivity index (χ4v) is 2.44. The smallest absolute Gasteiger partial charge is 0.416 e. The van der Waals surface area contributed by atoms with E-state index >= 15 is 0 Å². The van der Waals surface area contributed by atoms with Gasteiger partial charge in [0, 0.05) is 17.3 Å². The van der Waals surface area contributed by atoms with Gasteiger partial charge in [-0.15, -0.1) is 0 Å². The first-order valence-electron chi connectivity index (χ1n) is 7.40. The SMILES string of the molecule is Cc1cccc(OC2CN(C(=O)c3cccc(C(F)(F)F)c3)C2)n1. The number of hydrogen-bond acceptors (Lipinski definition) is 3. The van der Waals surface area contributed by atoms with Crippen LogP contribution in [0.2, 0.25) is 0 Å². The lowest BCUT2D eigenvalue weighted by Crippen LogP contribution is -2.56. The van der Waals surface area contributed by atoms with Crippen LogP contribution in [0.3, 0.4) is 0 Å². The number of hydrogen-bond donors (Lipinski definition) is 0. The van der Waals surface area contributed by atoms with Crippen LogP contribution in [0.4, 0.5) is 13.2 Å². The molecule has 1 amide bonds. The van der Waals surface area contributed by atoms with Gasteiger partial charge in [-0.3, -0.25) is 4.79 Å². The maximum Gasteiger partial charge on any atom is 0.416 e. The molecule has 0 radical (unpaired) electrons. The van der Waals surface area contributed by atoms with E-state index in [-0.39, 0.29) is 11.7 Å². The average Bonchev–Trinajstić information content (AvgIpc) is 2.49. The van der Waals surface area contributed by atoms with E-state index in [1.807, 2.05) is 19.1 Å². The number of pyridine rings is 1. The number of benzene rings is 1. The third-order valence-electron chi connectivity index (χ3n) is 3.72. The van der Waals surface area contributed by atoms with E-state index in [4.69, 9.17) is 4.74 Å². The molecule has 24 heavy (non-hydrogen) atoms. The molecule has 1 aromatic heterocycles. The molecule has 1 saturated heterocycles. The molecule has 1 aliphatic rings. The predicted molar refractivity (Wildman–Crippen MR) is 80.7 cm³/mol. The van der Waals surface area contributed by atoms with Gasteiger partial charge in [0.2, 0.25) is 5.88 Å². The monoisotopic (exact) mass is 336 g/mol. The number of carbonyl (C=O) groups excluding carboxylic acids is 1. The Morgan fingerprint density at radius 2 is 1.92 bits per heavy atom. The molecule has 0 atom stereocenters. The molecule has 7 heteroatoms. The van der Waals surface area contributed by atoms with Crippen LogP contribution >= 0.6 is 0 Å². The normalized spacial score (nSPS) is 15.1. The standard InChI is InChI=1S/C17H15F3N2O2/c1-11-4-2-7-15(21-11)24-14-9-22(10-14)16(23)12-5-3-6-13(8-12)17(18,19)20/h2-8,14H,9-10H2,1H3. The molecule has 0 N–H and O–H groups in total. The van der Waals surface area contributed by atoms with Crippen LogP contribution in [0, 0.1) is 6.92 Å². The fourth-order valence-electron chi connectivity index (χ4n) is 2.44. The zero-order chi connectivity index (χ0) is 17.3. The fraction of sp³-hybridized carbons (Fsp3) is 0.294. The van der Waals surface area contributed by atoms with Gasteiger partial charge >= 0.3 is 6.18 Å². The van der Waals surface area contributed by atoms with Gasteiger partial charge in [-0.2, -0.15) is 13.2 Å². The zero-order valence-corrected chi connectivity index (χ0v) is 12.9. The van der Waals surface area contributed by atoms with Crippen LogP contribution in [0.5, 0.6) is 5.88 Å². The van der Waals surface area contributed by atoms with Gasteiger partial charge in [-0.25, -0.2) is 4.98 Å². The summed E-state index contributed by atoms with van der Waals surface area (Å²) in [5, 5.41) is 0. The number of halogens is 3. The summed E-state index contributed by atoms with van der Waals surface area (Å²) in [6.45, 7) is 2.49. The summed E-state index contributed by atoms with van der Waals surface area (Å²) in [5.74, 6) is 0.0457. The Hall–Kier alpha value is -2.57. The summed E-state index contributed by atoms with van der Waals surface area (Å²) in [6.07, 6.45) is -4.66. The highest BCUT2D eigenvalue weighted by atomic mass is 19.4. The molecule has 3 rings (SSSR count). The van der Waals surface area contributed by atoms with Crippen LogP contribution < -0.4 is 4.74 Å². The number of ether oxygens (including phenoxy) is 1. The van der Waals surface area contributed by atoms with Gasteiger partial charge in [0.05, 0.1) is 18.7 Å². The molecule has 2 heterocycles. The summed E-state index contributed by atoms with van der Waals surface area (Å²) >= 11 is 0. The Morgan fingerprint density at radius 1 is 1.21 bits per heavy atom. The van der Waals surface area contributed by atoms with Crippen molar-refractivity contribution in [1.82, 2.24) is 9.88 Å². The summed E-state index contributed by atoms with van der Waals surface area (Å²) in [7, 11) is 0. The van der Waals surface area contributed by atoms with E-state index in [1.54, 1.807) is 6.07 Å². The second-order valence-electron chi connectivity index (χ2n) is 5.65. The van der Waals surface area contributed by atoms with Crippen molar-refractivity contribution < 1.29 is 22.7 Å². The number of nitrogens with zero attached hydrogens (tertiary/aromatic N) is 2. The van der Waals surface area contributed by atoms with Crippen LogP contribution in [-0.4, -0.2) is 35.0 Å². The van der Waals surface area contributed by atoms with Crippen molar-refractivity contribution in [2.24, 2.45) is 0 Å². The van der Waals surface area contributed by atoms with Crippen LogP contribution in [0.15, 0.2) is 42.5 Å². The Kier molecular flexibility index (Phi) is 4.17. The lowest BCUT2D eigenvalue weighted by Gasteiger charge is -2.38. The molecule has 0 saturated carbocycles. The highest BCUT2D eigenvalue weighted by Crippen LogP contribution is 2.30. The van der Waals surface area contributed by atoms with E-state index in [1.165, 1.54) is 17.0 Å². The minimum atomic E-state index is -4.46. The Balaban J connectivity index is 1.61. The van der Waals surface area contributed by atoms with Gasteiger partial charge in [0.1, 0.15) is 6.10 Å². The number of amides is 1. The van der Waals surface area contributed by atoms with E-state index in [2.05, 4.69) is 4.98 Å². The first kappa shape index (κ1) is 16.3.